The molecule has 0 aromatic rings. The second kappa shape index (κ2) is 8.10. The SMILES string of the molecule is O=C(CCCS(=O)(=O)N1CCCC1)NC1CCC(C(=O)O)CC1. The van der Waals surface area contributed by atoms with E-state index in [1.54, 1.807) is 0 Å². The number of carbonyl (C=O) groups excluding carboxylic acids is 1. The molecule has 132 valence electrons. The first-order valence-electron chi connectivity index (χ1n) is 8.38. The lowest BCUT2D eigenvalue weighted by atomic mass is 9.86. The lowest BCUT2D eigenvalue weighted by Gasteiger charge is -2.26. The Morgan fingerprint density at radius 2 is 1.70 bits per heavy atom. The van der Waals surface area contributed by atoms with Crippen LogP contribution in [-0.4, -0.2) is 54.6 Å². The van der Waals surface area contributed by atoms with Crippen LogP contribution in [0.4, 0.5) is 0 Å². The number of hydrogen-bond donors (Lipinski definition) is 2. The van der Waals surface area contributed by atoms with E-state index in [0.29, 0.717) is 45.2 Å². The van der Waals surface area contributed by atoms with Gasteiger partial charge in [-0.3, -0.25) is 9.59 Å². The molecule has 2 aliphatic rings. The predicted octanol–water partition coefficient (Wildman–Crippen LogP) is 0.952. The van der Waals surface area contributed by atoms with Crippen LogP contribution in [0.5, 0.6) is 0 Å². The summed E-state index contributed by atoms with van der Waals surface area (Å²) in [6, 6.07) is 0.0216. The molecule has 1 aliphatic carbocycles. The van der Waals surface area contributed by atoms with Crippen LogP contribution in [0.2, 0.25) is 0 Å². The molecule has 2 rings (SSSR count). The third-order valence-electron chi connectivity index (χ3n) is 4.71. The van der Waals surface area contributed by atoms with Crippen LogP contribution >= 0.6 is 0 Å². The number of aliphatic carboxylic acids is 1. The van der Waals surface area contributed by atoms with Crippen molar-refractivity contribution in [2.75, 3.05) is 18.8 Å². The number of rotatable bonds is 7. The van der Waals surface area contributed by atoms with Crippen molar-refractivity contribution in [3.8, 4) is 0 Å². The summed E-state index contributed by atoms with van der Waals surface area (Å²) < 4.78 is 25.6. The molecule has 1 saturated heterocycles. The first-order chi connectivity index (χ1) is 10.9. The summed E-state index contributed by atoms with van der Waals surface area (Å²) in [5, 5.41) is 11.8. The number of carboxylic acids is 1. The van der Waals surface area contributed by atoms with Gasteiger partial charge in [-0.1, -0.05) is 0 Å². The zero-order chi connectivity index (χ0) is 16.9. The summed E-state index contributed by atoms with van der Waals surface area (Å²) in [5.74, 6) is -1.18. The van der Waals surface area contributed by atoms with Gasteiger partial charge in [0.25, 0.3) is 0 Å². The van der Waals surface area contributed by atoms with Crippen molar-refractivity contribution >= 4 is 21.9 Å². The highest BCUT2D eigenvalue weighted by Gasteiger charge is 2.27. The Bertz CT molecular complexity index is 520. The van der Waals surface area contributed by atoms with Crippen molar-refractivity contribution in [1.29, 1.82) is 0 Å². The molecule has 0 bridgehead atoms. The Labute approximate surface area is 137 Å². The first-order valence-corrected chi connectivity index (χ1v) is 9.99. The van der Waals surface area contributed by atoms with Gasteiger partial charge >= 0.3 is 5.97 Å². The molecule has 2 N–H and O–H groups in total. The Morgan fingerprint density at radius 1 is 1.09 bits per heavy atom. The third-order valence-corrected chi connectivity index (χ3v) is 6.66. The van der Waals surface area contributed by atoms with Crippen molar-refractivity contribution < 1.29 is 23.1 Å². The number of carbonyl (C=O) groups is 2. The molecule has 0 radical (unpaired) electrons. The topological polar surface area (TPSA) is 104 Å². The summed E-state index contributed by atoms with van der Waals surface area (Å²) in [5.41, 5.74) is 0. The van der Waals surface area contributed by atoms with E-state index < -0.39 is 16.0 Å². The molecule has 0 unspecified atom stereocenters. The summed E-state index contributed by atoms with van der Waals surface area (Å²) in [7, 11) is -3.22. The molecular formula is C15H26N2O5S. The molecule has 0 aromatic carbocycles. The fraction of sp³-hybridized carbons (Fsp3) is 0.867. The van der Waals surface area contributed by atoms with Gasteiger partial charge in [-0.05, 0) is 44.9 Å². The number of carboxylic acid groups (broad SMARTS) is 1. The minimum absolute atomic E-state index is 0.0200. The Morgan fingerprint density at radius 3 is 2.26 bits per heavy atom. The van der Waals surface area contributed by atoms with E-state index in [-0.39, 0.29) is 30.0 Å². The fourth-order valence-electron chi connectivity index (χ4n) is 3.30. The molecular weight excluding hydrogens is 320 g/mol. The summed E-state index contributed by atoms with van der Waals surface area (Å²) in [6.07, 6.45) is 4.88. The van der Waals surface area contributed by atoms with Crippen molar-refractivity contribution in [1.82, 2.24) is 9.62 Å². The minimum atomic E-state index is -3.22. The van der Waals surface area contributed by atoms with Gasteiger partial charge < -0.3 is 10.4 Å². The van der Waals surface area contributed by atoms with Crippen LogP contribution in [-0.2, 0) is 19.6 Å². The van der Waals surface area contributed by atoms with Crippen LogP contribution < -0.4 is 5.32 Å². The van der Waals surface area contributed by atoms with Crippen LogP contribution in [0.15, 0.2) is 0 Å². The normalized spacial score (nSPS) is 26.1. The van der Waals surface area contributed by atoms with E-state index in [2.05, 4.69) is 5.32 Å². The summed E-state index contributed by atoms with van der Waals surface area (Å²) in [6.45, 7) is 1.20. The molecule has 0 aromatic heterocycles. The zero-order valence-electron chi connectivity index (χ0n) is 13.4. The highest BCUT2D eigenvalue weighted by Crippen LogP contribution is 2.24. The van der Waals surface area contributed by atoms with E-state index >= 15 is 0 Å². The Kier molecular flexibility index (Phi) is 6.41. The Balaban J connectivity index is 1.65. The van der Waals surface area contributed by atoms with Crippen molar-refractivity contribution in [2.24, 2.45) is 5.92 Å². The molecule has 1 aliphatic heterocycles. The smallest absolute Gasteiger partial charge is 0.306 e. The van der Waals surface area contributed by atoms with Gasteiger partial charge in [-0.15, -0.1) is 0 Å². The first kappa shape index (κ1) is 18.2. The maximum atomic E-state index is 12.0. The van der Waals surface area contributed by atoms with Gasteiger partial charge in [0, 0.05) is 25.6 Å². The van der Waals surface area contributed by atoms with Gasteiger partial charge in [-0.2, -0.15) is 0 Å². The van der Waals surface area contributed by atoms with E-state index in [1.165, 1.54) is 4.31 Å². The highest BCUT2D eigenvalue weighted by atomic mass is 32.2. The predicted molar refractivity (Wildman–Crippen MR) is 85.4 cm³/mol. The molecule has 1 amide bonds. The molecule has 7 nitrogen and oxygen atoms in total. The fourth-order valence-corrected chi connectivity index (χ4v) is 4.88. The molecule has 8 heteroatoms. The minimum Gasteiger partial charge on any atom is -0.481 e. The largest absolute Gasteiger partial charge is 0.481 e. The van der Waals surface area contributed by atoms with Crippen LogP contribution in [0.25, 0.3) is 0 Å². The summed E-state index contributed by atoms with van der Waals surface area (Å²) in [4.78, 5) is 22.8. The van der Waals surface area contributed by atoms with Crippen LogP contribution in [0, 0.1) is 5.92 Å². The van der Waals surface area contributed by atoms with Gasteiger partial charge in [0.05, 0.1) is 11.7 Å². The standard InChI is InChI=1S/C15H26N2O5S/c18-14(16-13-7-5-12(6-8-13)15(19)20)4-3-11-23(21,22)17-9-1-2-10-17/h12-13H,1-11H2,(H,16,18)(H,19,20). The van der Waals surface area contributed by atoms with E-state index in [0.717, 1.165) is 12.8 Å². The maximum Gasteiger partial charge on any atom is 0.306 e. The lowest BCUT2D eigenvalue weighted by Crippen LogP contribution is -2.39. The number of nitrogens with one attached hydrogen (secondary N) is 1. The highest BCUT2D eigenvalue weighted by molar-refractivity contribution is 7.89. The quantitative estimate of drug-likeness (QED) is 0.714. The van der Waals surface area contributed by atoms with Gasteiger partial charge in [0.2, 0.25) is 15.9 Å². The van der Waals surface area contributed by atoms with Gasteiger partial charge in [0.1, 0.15) is 0 Å². The van der Waals surface area contributed by atoms with Crippen LogP contribution in [0.1, 0.15) is 51.4 Å². The van der Waals surface area contributed by atoms with Gasteiger partial charge in [-0.25, -0.2) is 12.7 Å². The summed E-state index contributed by atoms with van der Waals surface area (Å²) >= 11 is 0. The number of nitrogens with zero attached hydrogens (tertiary/aromatic N) is 1. The number of hydrogen-bond acceptors (Lipinski definition) is 4. The molecule has 0 atom stereocenters. The maximum absolute atomic E-state index is 12.0. The van der Waals surface area contributed by atoms with Crippen molar-refractivity contribution in [3.63, 3.8) is 0 Å². The second-order valence-corrected chi connectivity index (χ2v) is 8.57. The number of amides is 1. The van der Waals surface area contributed by atoms with Crippen molar-refractivity contribution in [3.05, 3.63) is 0 Å². The molecule has 1 saturated carbocycles. The average Bonchev–Trinajstić information content (AvgIpc) is 3.02. The molecule has 23 heavy (non-hydrogen) atoms. The second-order valence-electron chi connectivity index (χ2n) is 6.48. The molecule has 1 heterocycles. The van der Waals surface area contributed by atoms with Gasteiger partial charge in [0.15, 0.2) is 0 Å². The van der Waals surface area contributed by atoms with E-state index in [9.17, 15) is 18.0 Å². The van der Waals surface area contributed by atoms with Crippen molar-refractivity contribution in [2.45, 2.75) is 57.4 Å². The molecule has 2 fully saturated rings. The Hall–Kier alpha value is -1.15. The lowest BCUT2D eigenvalue weighted by molar-refractivity contribution is -0.142. The average molecular weight is 346 g/mol. The molecule has 0 spiro atoms. The number of sulfonamides is 1. The monoisotopic (exact) mass is 346 g/mol. The third kappa shape index (κ3) is 5.46. The van der Waals surface area contributed by atoms with E-state index in [4.69, 9.17) is 5.11 Å². The zero-order valence-corrected chi connectivity index (χ0v) is 14.2. The van der Waals surface area contributed by atoms with Crippen LogP contribution in [0.3, 0.4) is 0 Å². The van der Waals surface area contributed by atoms with E-state index in [1.807, 2.05) is 0 Å².